The fraction of sp³-hybridized carbons (Fsp3) is 0.0476. The molecule has 45 heavy (non-hydrogen) atoms. The summed E-state index contributed by atoms with van der Waals surface area (Å²) < 4.78 is 99.3. The van der Waals surface area contributed by atoms with Crippen molar-refractivity contribution in [2.45, 2.75) is 5.92 Å². The molecule has 0 radical (unpaired) electrons. The fourth-order valence-corrected chi connectivity index (χ4v) is 6.28. The van der Waals surface area contributed by atoms with Gasteiger partial charge in [0.1, 0.15) is 0 Å². The Kier molecular flexibility index (Phi) is 11.3. The van der Waals surface area contributed by atoms with E-state index in [4.69, 9.17) is 32.0 Å². The Labute approximate surface area is 256 Å². The first-order valence-corrected chi connectivity index (χ1v) is 18.2. The highest BCUT2D eigenvalue weighted by Crippen LogP contribution is 2.58. The summed E-state index contributed by atoms with van der Waals surface area (Å²) in [4.78, 5) is 56.6. The zero-order valence-electron chi connectivity index (χ0n) is 21.5. The normalized spacial score (nSPS) is 15.7. The summed E-state index contributed by atoms with van der Waals surface area (Å²) in [5.41, 5.74) is -0.108. The lowest BCUT2D eigenvalue weighted by Crippen LogP contribution is -2.04. The second kappa shape index (κ2) is 14.8. The van der Waals surface area contributed by atoms with Crippen LogP contribution in [0.5, 0.6) is 28.7 Å². The number of fused-ring (bicyclic) bond motifs is 1. The van der Waals surface area contributed by atoms with Gasteiger partial charge in [0.05, 0.1) is 0 Å². The smallest absolute Gasteiger partial charge is 0.229 e. The average molecular weight is 742 g/mol. The number of hydrogen-bond donors (Lipinski definition) is 6. The number of rotatable bonds is 14. The summed E-state index contributed by atoms with van der Waals surface area (Å²) in [6.07, 6.45) is 0. The lowest BCUT2D eigenvalue weighted by atomic mass is 9.84. The molecule has 1 aliphatic carbocycles. The Morgan fingerprint density at radius 1 is 0.489 bits per heavy atom. The van der Waals surface area contributed by atoms with Gasteiger partial charge in [-0.05, 0) is 41.5 Å². The molecule has 7 unspecified atom stereocenters. The van der Waals surface area contributed by atoms with E-state index >= 15 is 0 Å². The minimum Gasteiger partial charge on any atom is -0.229 e. The van der Waals surface area contributed by atoms with Crippen molar-refractivity contribution in [1.82, 2.24) is 0 Å². The third-order valence-corrected chi connectivity index (χ3v) is 7.82. The quantitative estimate of drug-likeness (QED) is 0.111. The van der Waals surface area contributed by atoms with Gasteiger partial charge in [-0.15, -0.1) is 29.4 Å². The van der Waals surface area contributed by atoms with Crippen molar-refractivity contribution in [3.05, 3.63) is 76.9 Å². The molecule has 0 aliphatic heterocycles. The number of hydrogen-bond acceptors (Lipinski definition) is 12. The summed E-state index contributed by atoms with van der Waals surface area (Å²) in [5, 5.41) is 0. The van der Waals surface area contributed by atoms with Crippen molar-refractivity contribution >= 4 is 60.9 Å². The molecule has 1 aliphatic rings. The standard InChI is InChI=1S/C21H10O18P6/c22-40(23)34-12-3-1-10(2-4-12)19-18(11-5-13(35-41(24)25)7-14(6-11)36-42(26)27)20-16(21(19)39-45(32)33)8-15(37-43(28)29)9-17(20)38-44(30)31/h1-9,18H/p+6. The van der Waals surface area contributed by atoms with Crippen molar-refractivity contribution in [3.8, 4) is 28.7 Å². The largest absolute Gasteiger partial charge is 0.747 e. The molecule has 0 saturated carbocycles. The van der Waals surface area contributed by atoms with Gasteiger partial charge in [0, 0.05) is 62.1 Å². The first kappa shape index (κ1) is 34.4. The molecule has 3 aromatic carbocycles. The molecule has 18 nitrogen and oxygen atoms in total. The molecular weight excluding hydrogens is 726 g/mol. The third kappa shape index (κ3) is 8.85. The summed E-state index contributed by atoms with van der Waals surface area (Å²) >= 11 is 0. The molecule has 0 fully saturated rings. The van der Waals surface area contributed by atoms with Gasteiger partial charge in [-0.1, -0.05) is 12.1 Å². The fourth-order valence-electron chi connectivity index (χ4n) is 4.45. The van der Waals surface area contributed by atoms with E-state index in [2.05, 4.69) is 0 Å². The Morgan fingerprint density at radius 3 is 1.40 bits per heavy atom. The van der Waals surface area contributed by atoms with Crippen LogP contribution >= 0.6 is 49.5 Å². The maximum atomic E-state index is 12.1. The molecule has 24 heteroatoms. The number of benzene rings is 3. The summed E-state index contributed by atoms with van der Waals surface area (Å²) in [6.45, 7) is 0. The summed E-state index contributed by atoms with van der Waals surface area (Å²) in [7, 11) is -19.8. The van der Waals surface area contributed by atoms with Gasteiger partial charge in [0.25, 0.3) is 0 Å². The molecule has 0 aromatic heterocycles. The van der Waals surface area contributed by atoms with Gasteiger partial charge in [0.15, 0.2) is 28.7 Å². The van der Waals surface area contributed by atoms with Crippen molar-refractivity contribution in [2.24, 2.45) is 0 Å². The second-order valence-corrected chi connectivity index (χ2v) is 12.2. The molecule has 0 amide bonds. The van der Waals surface area contributed by atoms with E-state index in [-0.39, 0.29) is 45.1 Å². The molecule has 232 valence electrons. The third-order valence-electron chi connectivity index (χ3n) is 5.66. The monoisotopic (exact) mass is 742 g/mol. The first-order chi connectivity index (χ1) is 21.2. The predicted molar refractivity (Wildman–Crippen MR) is 151 cm³/mol. The van der Waals surface area contributed by atoms with Crippen LogP contribution in [0.15, 0.2) is 54.6 Å². The van der Waals surface area contributed by atoms with E-state index in [1.54, 1.807) is 0 Å². The van der Waals surface area contributed by atoms with Gasteiger partial charge in [-0.3, -0.25) is 0 Å². The molecule has 0 saturated heterocycles. The van der Waals surface area contributed by atoms with Gasteiger partial charge < -0.3 is 0 Å². The highest BCUT2D eigenvalue weighted by Gasteiger charge is 2.44. The van der Waals surface area contributed by atoms with Crippen LogP contribution in [0.2, 0.25) is 0 Å². The molecule has 7 atom stereocenters. The molecular formula is C21H16O18P6+6. The zero-order chi connectivity index (χ0) is 33.0. The maximum absolute atomic E-state index is 12.1. The van der Waals surface area contributed by atoms with Crippen molar-refractivity contribution in [2.75, 3.05) is 0 Å². The molecule has 6 N–H and O–H groups in total. The average Bonchev–Trinajstić information content (AvgIpc) is 3.21. The summed E-state index contributed by atoms with van der Waals surface area (Å²) in [5.74, 6) is -3.39. The Bertz CT molecular complexity index is 1760. The topological polar surface area (TPSA) is 279 Å². The van der Waals surface area contributed by atoms with Crippen molar-refractivity contribution in [3.63, 3.8) is 0 Å². The van der Waals surface area contributed by atoms with E-state index in [1.807, 2.05) is 0 Å². The van der Waals surface area contributed by atoms with Crippen LogP contribution in [0.3, 0.4) is 0 Å². The summed E-state index contributed by atoms with van der Waals surface area (Å²) in [6, 6.07) is 10.5. The van der Waals surface area contributed by atoms with E-state index in [0.717, 1.165) is 18.2 Å². The van der Waals surface area contributed by atoms with Gasteiger partial charge in [-0.2, -0.15) is 0 Å². The van der Waals surface area contributed by atoms with Gasteiger partial charge >= 0.3 is 49.5 Å². The van der Waals surface area contributed by atoms with E-state index < -0.39 is 72.7 Å². The van der Waals surface area contributed by atoms with Crippen LogP contribution in [0.1, 0.15) is 28.2 Å². The van der Waals surface area contributed by atoms with Gasteiger partial charge in [0.2, 0.25) is 5.76 Å². The van der Waals surface area contributed by atoms with E-state index in [9.17, 15) is 51.9 Å². The molecule has 0 heterocycles. The zero-order valence-corrected chi connectivity index (χ0v) is 26.9. The highest BCUT2D eigenvalue weighted by molar-refractivity contribution is 7.33. The highest BCUT2D eigenvalue weighted by atomic mass is 31.1. The number of allylic oxidation sites excluding steroid dienone is 1. The van der Waals surface area contributed by atoms with E-state index in [1.165, 1.54) is 36.4 Å². The predicted octanol–water partition coefficient (Wildman–Crippen LogP) is 5.51. The molecule has 3 aromatic rings. The lowest BCUT2D eigenvalue weighted by molar-refractivity contribution is 0.391. The molecule has 4 rings (SSSR count). The Balaban J connectivity index is 2.11. The van der Waals surface area contributed by atoms with Crippen LogP contribution in [-0.2, 0) is 31.9 Å². The van der Waals surface area contributed by atoms with Crippen LogP contribution in [0.25, 0.3) is 11.3 Å². The minimum atomic E-state index is -3.44. The minimum absolute atomic E-state index is 0.00194. The van der Waals surface area contributed by atoms with Crippen LogP contribution < -0.4 is 22.6 Å². The van der Waals surface area contributed by atoms with E-state index in [0.29, 0.717) is 0 Å². The Hall–Kier alpha value is -3.44. The Morgan fingerprint density at radius 2 is 0.933 bits per heavy atom. The second-order valence-electron chi connectivity index (χ2n) is 8.30. The molecule has 0 bridgehead atoms. The van der Waals surface area contributed by atoms with Crippen LogP contribution in [0.4, 0.5) is 0 Å². The van der Waals surface area contributed by atoms with Crippen molar-refractivity contribution in [1.29, 1.82) is 0 Å². The molecule has 0 spiro atoms. The lowest BCUT2D eigenvalue weighted by Gasteiger charge is -2.18. The first-order valence-electron chi connectivity index (χ1n) is 11.4. The maximum Gasteiger partial charge on any atom is 0.747 e. The SMILES string of the molecule is O=[P+](O)OC1=C(c2ccc(O[P+](=O)O)cc2)C(c2cc(O[P+](=O)O)cc(O[P+](=O)O)c2)c2c(O[P+](=O)O)cc(O[P+](=O)O)cc21. The van der Waals surface area contributed by atoms with Crippen LogP contribution in [-0.4, -0.2) is 29.4 Å². The van der Waals surface area contributed by atoms with Crippen LogP contribution in [0, 0.1) is 0 Å². The van der Waals surface area contributed by atoms with Gasteiger partial charge in [-0.25, -0.2) is 27.1 Å². The van der Waals surface area contributed by atoms with Crippen molar-refractivity contribution < 1.29 is 83.9 Å².